The fraction of sp³-hybridized carbons (Fsp3) is 0.294. The van der Waals surface area contributed by atoms with Crippen LogP contribution in [0.3, 0.4) is 0 Å². The Morgan fingerprint density at radius 3 is 2.73 bits per heavy atom. The number of benzene rings is 1. The molecule has 0 unspecified atom stereocenters. The molecular formula is C17H18N2OS2. The monoisotopic (exact) mass is 330 g/mol. The molecule has 114 valence electrons. The van der Waals surface area contributed by atoms with Crippen molar-refractivity contribution in [2.24, 2.45) is 0 Å². The van der Waals surface area contributed by atoms with Crippen molar-refractivity contribution >= 4 is 35.1 Å². The average molecular weight is 330 g/mol. The molecule has 1 aromatic heterocycles. The number of anilines is 1. The molecule has 0 atom stereocenters. The van der Waals surface area contributed by atoms with Gasteiger partial charge in [0.05, 0.1) is 4.58 Å². The predicted molar refractivity (Wildman–Crippen MR) is 95.6 cm³/mol. The van der Waals surface area contributed by atoms with Crippen LogP contribution >= 0.6 is 23.5 Å². The zero-order valence-electron chi connectivity index (χ0n) is 12.4. The lowest BCUT2D eigenvalue weighted by molar-refractivity contribution is 0.102. The summed E-state index contributed by atoms with van der Waals surface area (Å²) < 4.78 is 0.475. The Bertz CT molecular complexity index is 669. The summed E-state index contributed by atoms with van der Waals surface area (Å²) in [5.41, 5.74) is 3.39. The highest BCUT2D eigenvalue weighted by Crippen LogP contribution is 2.44. The number of carbonyl (C=O) groups is 1. The zero-order chi connectivity index (χ0) is 15.4. The van der Waals surface area contributed by atoms with E-state index >= 15 is 0 Å². The van der Waals surface area contributed by atoms with E-state index in [2.05, 4.69) is 22.4 Å². The molecule has 3 nitrogen and oxygen atoms in total. The van der Waals surface area contributed by atoms with Gasteiger partial charge in [0.2, 0.25) is 0 Å². The van der Waals surface area contributed by atoms with E-state index in [0.717, 1.165) is 11.4 Å². The van der Waals surface area contributed by atoms with Gasteiger partial charge in [-0.3, -0.25) is 4.79 Å². The third-order valence-corrected chi connectivity index (χ3v) is 6.38. The molecule has 1 amide bonds. The van der Waals surface area contributed by atoms with Gasteiger partial charge in [0.15, 0.2) is 0 Å². The molecule has 1 aromatic carbocycles. The first-order valence-electron chi connectivity index (χ1n) is 7.30. The molecule has 2 aromatic rings. The summed E-state index contributed by atoms with van der Waals surface area (Å²) in [6.07, 6.45) is 1.28. The second-order valence-corrected chi connectivity index (χ2v) is 7.90. The number of nitrogens with zero attached hydrogens (tertiary/aromatic N) is 1. The van der Waals surface area contributed by atoms with E-state index in [0.29, 0.717) is 10.3 Å². The van der Waals surface area contributed by atoms with Crippen LogP contribution < -0.4 is 5.32 Å². The van der Waals surface area contributed by atoms with Crippen LogP contribution in [0.4, 0.5) is 5.69 Å². The lowest BCUT2D eigenvalue weighted by atomic mass is 10.2. The molecule has 1 saturated heterocycles. The highest BCUT2D eigenvalue weighted by Gasteiger charge is 2.17. The minimum atomic E-state index is -0.162. The number of rotatable bonds is 3. The first-order chi connectivity index (χ1) is 10.7. The first kappa shape index (κ1) is 15.4. The van der Waals surface area contributed by atoms with Gasteiger partial charge in [0, 0.05) is 11.4 Å². The maximum Gasteiger partial charge on any atom is 0.274 e. The van der Waals surface area contributed by atoms with Crippen molar-refractivity contribution in [2.45, 2.75) is 17.9 Å². The van der Waals surface area contributed by atoms with Gasteiger partial charge in [0.25, 0.3) is 5.91 Å². The summed E-state index contributed by atoms with van der Waals surface area (Å²) in [4.78, 5) is 16.5. The quantitative estimate of drug-likeness (QED) is 0.899. The topological polar surface area (TPSA) is 42.0 Å². The van der Waals surface area contributed by atoms with Crippen LogP contribution in [-0.2, 0) is 0 Å². The number of nitrogens with one attached hydrogen (secondary N) is 1. The molecule has 0 aliphatic carbocycles. The standard InChI is InChI=1S/C17H18N2OS2/c1-12-5-2-8-15(18-12)16(20)19-14-7-3-6-13(11-14)17-21-9-4-10-22-17/h2-3,5-8,11,17H,4,9-10H2,1H3,(H,19,20). The lowest BCUT2D eigenvalue weighted by Gasteiger charge is -2.21. The Morgan fingerprint density at radius 2 is 1.95 bits per heavy atom. The van der Waals surface area contributed by atoms with Gasteiger partial charge >= 0.3 is 0 Å². The summed E-state index contributed by atoms with van der Waals surface area (Å²) in [7, 11) is 0. The number of aromatic nitrogens is 1. The van der Waals surface area contributed by atoms with Crippen molar-refractivity contribution in [2.75, 3.05) is 16.8 Å². The molecular weight excluding hydrogens is 312 g/mol. The Balaban J connectivity index is 1.73. The van der Waals surface area contributed by atoms with Gasteiger partial charge in [-0.25, -0.2) is 4.98 Å². The molecule has 1 aliphatic rings. The Morgan fingerprint density at radius 1 is 1.18 bits per heavy atom. The number of pyridine rings is 1. The number of carbonyl (C=O) groups excluding carboxylic acids is 1. The minimum Gasteiger partial charge on any atom is -0.321 e. The molecule has 2 heterocycles. The van der Waals surface area contributed by atoms with Gasteiger partial charge in [-0.2, -0.15) is 0 Å². The van der Waals surface area contributed by atoms with Crippen molar-refractivity contribution in [1.82, 2.24) is 4.98 Å². The molecule has 0 bridgehead atoms. The zero-order valence-corrected chi connectivity index (χ0v) is 14.0. The first-order valence-corrected chi connectivity index (χ1v) is 9.40. The molecule has 5 heteroatoms. The number of amides is 1. The van der Waals surface area contributed by atoms with Crippen LogP contribution in [0.1, 0.15) is 32.7 Å². The second-order valence-electron chi connectivity index (χ2n) is 5.17. The van der Waals surface area contributed by atoms with E-state index in [-0.39, 0.29) is 5.91 Å². The molecule has 22 heavy (non-hydrogen) atoms. The van der Waals surface area contributed by atoms with Crippen LogP contribution in [0.15, 0.2) is 42.5 Å². The van der Waals surface area contributed by atoms with Crippen LogP contribution in [0.25, 0.3) is 0 Å². The van der Waals surface area contributed by atoms with Gasteiger partial charge in [-0.05, 0) is 54.7 Å². The third kappa shape index (κ3) is 3.84. The molecule has 3 rings (SSSR count). The molecule has 0 saturated carbocycles. The fourth-order valence-electron chi connectivity index (χ4n) is 2.31. The summed E-state index contributed by atoms with van der Waals surface area (Å²) in [6.45, 7) is 1.88. The minimum absolute atomic E-state index is 0.162. The Kier molecular flexibility index (Phi) is 5.05. The number of thioether (sulfide) groups is 2. The summed E-state index contributed by atoms with van der Waals surface area (Å²) in [5.74, 6) is 2.26. The van der Waals surface area contributed by atoms with Crippen LogP contribution in [0, 0.1) is 6.92 Å². The predicted octanol–water partition coefficient (Wildman–Crippen LogP) is 4.51. The van der Waals surface area contributed by atoms with E-state index in [1.54, 1.807) is 6.07 Å². The Labute approximate surface area is 139 Å². The van der Waals surface area contributed by atoms with Crippen molar-refractivity contribution < 1.29 is 4.79 Å². The van der Waals surface area contributed by atoms with Crippen molar-refractivity contribution in [3.05, 3.63) is 59.4 Å². The molecule has 1 N–H and O–H groups in total. The van der Waals surface area contributed by atoms with Gasteiger partial charge in [0.1, 0.15) is 5.69 Å². The van der Waals surface area contributed by atoms with Crippen LogP contribution in [0.5, 0.6) is 0 Å². The molecule has 1 fully saturated rings. The summed E-state index contributed by atoms with van der Waals surface area (Å²) in [5, 5.41) is 2.94. The van der Waals surface area contributed by atoms with Gasteiger partial charge in [-0.15, -0.1) is 23.5 Å². The smallest absolute Gasteiger partial charge is 0.274 e. The van der Waals surface area contributed by atoms with Gasteiger partial charge < -0.3 is 5.32 Å². The maximum atomic E-state index is 12.3. The van der Waals surface area contributed by atoms with E-state index in [1.807, 2.05) is 54.7 Å². The molecule has 0 radical (unpaired) electrons. The SMILES string of the molecule is Cc1cccc(C(=O)Nc2cccc(C3SCCCS3)c2)n1. The van der Waals surface area contributed by atoms with Crippen LogP contribution in [-0.4, -0.2) is 22.4 Å². The lowest BCUT2D eigenvalue weighted by Crippen LogP contribution is -2.14. The molecule has 0 spiro atoms. The van der Waals surface area contributed by atoms with Crippen LogP contribution in [0.2, 0.25) is 0 Å². The average Bonchev–Trinajstić information content (AvgIpc) is 2.56. The normalized spacial score (nSPS) is 15.5. The van der Waals surface area contributed by atoms with E-state index in [1.165, 1.54) is 23.5 Å². The number of hydrogen-bond acceptors (Lipinski definition) is 4. The third-order valence-electron chi connectivity index (χ3n) is 3.36. The summed E-state index contributed by atoms with van der Waals surface area (Å²) in [6, 6.07) is 13.6. The number of aryl methyl sites for hydroxylation is 1. The van der Waals surface area contributed by atoms with Crippen molar-refractivity contribution in [3.63, 3.8) is 0 Å². The second kappa shape index (κ2) is 7.20. The van der Waals surface area contributed by atoms with Crippen molar-refractivity contribution in [3.8, 4) is 0 Å². The van der Waals surface area contributed by atoms with Gasteiger partial charge in [-0.1, -0.05) is 18.2 Å². The fourth-order valence-corrected chi connectivity index (χ4v) is 5.18. The number of hydrogen-bond donors (Lipinski definition) is 1. The summed E-state index contributed by atoms with van der Waals surface area (Å²) >= 11 is 3.96. The highest BCUT2D eigenvalue weighted by atomic mass is 32.2. The van der Waals surface area contributed by atoms with E-state index in [4.69, 9.17) is 0 Å². The highest BCUT2D eigenvalue weighted by molar-refractivity contribution is 8.16. The van der Waals surface area contributed by atoms with Crippen molar-refractivity contribution in [1.29, 1.82) is 0 Å². The van der Waals surface area contributed by atoms with E-state index in [9.17, 15) is 4.79 Å². The largest absolute Gasteiger partial charge is 0.321 e. The Hall–Kier alpha value is -1.46. The maximum absolute atomic E-state index is 12.3. The van der Waals surface area contributed by atoms with E-state index < -0.39 is 0 Å². The molecule has 1 aliphatic heterocycles.